The smallest absolute Gasteiger partial charge is 0.228 e. The van der Waals surface area contributed by atoms with Gasteiger partial charge >= 0.3 is 0 Å². The zero-order chi connectivity index (χ0) is 14.1. The predicted molar refractivity (Wildman–Crippen MR) is 85.6 cm³/mol. The lowest BCUT2D eigenvalue weighted by Crippen LogP contribution is -2.52. The SMILES string of the molecule is CCN(C(=O)C1CNC1)C(C)c1cc2ccccc2o1.Cl. The highest BCUT2D eigenvalue weighted by Gasteiger charge is 2.32. The highest BCUT2D eigenvalue weighted by Crippen LogP contribution is 2.28. The van der Waals surface area contributed by atoms with Crippen LogP contribution in [0, 0.1) is 5.92 Å². The van der Waals surface area contributed by atoms with E-state index in [0.29, 0.717) is 6.54 Å². The van der Waals surface area contributed by atoms with E-state index in [-0.39, 0.29) is 30.3 Å². The first-order valence-electron chi connectivity index (χ1n) is 7.20. The monoisotopic (exact) mass is 308 g/mol. The summed E-state index contributed by atoms with van der Waals surface area (Å²) in [6.07, 6.45) is 0. The quantitative estimate of drug-likeness (QED) is 0.944. The molecule has 4 nitrogen and oxygen atoms in total. The molecular formula is C16H21ClN2O2. The molecule has 1 saturated heterocycles. The van der Waals surface area contributed by atoms with Crippen LogP contribution in [0.4, 0.5) is 0 Å². The third kappa shape index (κ3) is 2.92. The summed E-state index contributed by atoms with van der Waals surface area (Å²) >= 11 is 0. The molecule has 3 rings (SSSR count). The molecule has 114 valence electrons. The largest absolute Gasteiger partial charge is 0.459 e. The van der Waals surface area contributed by atoms with Crippen molar-refractivity contribution in [3.63, 3.8) is 0 Å². The molecule has 0 bridgehead atoms. The van der Waals surface area contributed by atoms with Crippen molar-refractivity contribution in [1.82, 2.24) is 10.2 Å². The second-order valence-electron chi connectivity index (χ2n) is 5.34. The van der Waals surface area contributed by atoms with Gasteiger partial charge in [0.15, 0.2) is 0 Å². The number of carbonyl (C=O) groups excluding carboxylic acids is 1. The number of nitrogens with one attached hydrogen (secondary N) is 1. The van der Waals surface area contributed by atoms with Crippen LogP contribution in [0.2, 0.25) is 0 Å². The molecule has 0 saturated carbocycles. The predicted octanol–water partition coefficient (Wildman–Crippen LogP) is 2.98. The Morgan fingerprint density at radius 3 is 2.71 bits per heavy atom. The zero-order valence-corrected chi connectivity index (χ0v) is 13.2. The average molecular weight is 309 g/mol. The van der Waals surface area contributed by atoms with Gasteiger partial charge in [-0.3, -0.25) is 4.79 Å². The lowest BCUT2D eigenvalue weighted by atomic mass is 10.0. The van der Waals surface area contributed by atoms with Crippen LogP contribution in [0.3, 0.4) is 0 Å². The van der Waals surface area contributed by atoms with E-state index in [4.69, 9.17) is 4.42 Å². The van der Waals surface area contributed by atoms with Gasteiger partial charge in [-0.1, -0.05) is 18.2 Å². The minimum absolute atomic E-state index is 0. The summed E-state index contributed by atoms with van der Waals surface area (Å²) in [5.74, 6) is 1.20. The molecule has 1 amide bonds. The third-order valence-electron chi connectivity index (χ3n) is 4.08. The lowest BCUT2D eigenvalue weighted by molar-refractivity contribution is -0.139. The zero-order valence-electron chi connectivity index (χ0n) is 12.3. The Bertz CT molecular complexity index is 589. The van der Waals surface area contributed by atoms with Crippen LogP contribution >= 0.6 is 12.4 Å². The fourth-order valence-corrected chi connectivity index (χ4v) is 2.68. The van der Waals surface area contributed by atoms with Gasteiger partial charge in [0.25, 0.3) is 0 Å². The van der Waals surface area contributed by atoms with E-state index in [1.165, 1.54) is 0 Å². The number of carbonyl (C=O) groups is 1. The van der Waals surface area contributed by atoms with E-state index >= 15 is 0 Å². The van der Waals surface area contributed by atoms with Gasteiger partial charge in [0.1, 0.15) is 11.3 Å². The van der Waals surface area contributed by atoms with Gasteiger partial charge in [-0.05, 0) is 26.0 Å². The van der Waals surface area contributed by atoms with Crippen molar-refractivity contribution in [2.24, 2.45) is 5.92 Å². The standard InChI is InChI=1S/C16H20N2O2.ClH/c1-3-18(16(19)13-9-17-10-13)11(2)15-8-12-6-4-5-7-14(12)20-15;/h4-8,11,13,17H,3,9-10H2,1-2H3;1H. The number of halogens is 1. The highest BCUT2D eigenvalue weighted by atomic mass is 35.5. The van der Waals surface area contributed by atoms with E-state index in [9.17, 15) is 4.79 Å². The topological polar surface area (TPSA) is 45.5 Å². The molecule has 1 atom stereocenters. The van der Waals surface area contributed by atoms with Crippen molar-refractivity contribution in [1.29, 1.82) is 0 Å². The number of hydrogen-bond donors (Lipinski definition) is 1. The number of nitrogens with zero attached hydrogens (tertiary/aromatic N) is 1. The third-order valence-corrected chi connectivity index (χ3v) is 4.08. The van der Waals surface area contributed by atoms with E-state index in [2.05, 4.69) is 5.32 Å². The van der Waals surface area contributed by atoms with Crippen LogP contribution in [-0.2, 0) is 4.79 Å². The second-order valence-corrected chi connectivity index (χ2v) is 5.34. The van der Waals surface area contributed by atoms with Crippen LogP contribution in [0.15, 0.2) is 34.7 Å². The molecule has 1 fully saturated rings. The van der Waals surface area contributed by atoms with E-state index in [0.717, 1.165) is 29.8 Å². The van der Waals surface area contributed by atoms with E-state index < -0.39 is 0 Å². The minimum atomic E-state index is -0.0273. The minimum Gasteiger partial charge on any atom is -0.459 e. The van der Waals surface area contributed by atoms with Crippen molar-refractivity contribution in [2.45, 2.75) is 19.9 Å². The van der Waals surface area contributed by atoms with Crippen LogP contribution in [-0.4, -0.2) is 30.4 Å². The van der Waals surface area contributed by atoms with Crippen molar-refractivity contribution in [2.75, 3.05) is 19.6 Å². The molecule has 0 spiro atoms. The maximum absolute atomic E-state index is 12.4. The van der Waals surface area contributed by atoms with Crippen molar-refractivity contribution < 1.29 is 9.21 Å². The first kappa shape index (κ1) is 15.9. The van der Waals surface area contributed by atoms with Gasteiger partial charge in [-0.2, -0.15) is 0 Å². The fraction of sp³-hybridized carbons (Fsp3) is 0.438. The van der Waals surface area contributed by atoms with Crippen LogP contribution in [0.1, 0.15) is 25.6 Å². The van der Waals surface area contributed by atoms with Crippen molar-refractivity contribution in [3.05, 3.63) is 36.1 Å². The Kier molecular flexibility index (Phi) is 4.91. The van der Waals surface area contributed by atoms with Gasteiger partial charge in [0.2, 0.25) is 5.91 Å². The molecule has 2 aromatic rings. The van der Waals surface area contributed by atoms with Gasteiger partial charge in [0.05, 0.1) is 12.0 Å². The van der Waals surface area contributed by atoms with E-state index in [1.54, 1.807) is 0 Å². The summed E-state index contributed by atoms with van der Waals surface area (Å²) in [4.78, 5) is 14.3. The molecule has 1 N–H and O–H groups in total. The van der Waals surface area contributed by atoms with Gasteiger partial charge < -0.3 is 14.6 Å². The Morgan fingerprint density at radius 2 is 2.14 bits per heavy atom. The summed E-state index contributed by atoms with van der Waals surface area (Å²) in [5, 5.41) is 4.24. The number of fused-ring (bicyclic) bond motifs is 1. The highest BCUT2D eigenvalue weighted by molar-refractivity contribution is 5.85. The van der Waals surface area contributed by atoms with Gasteiger partial charge in [0, 0.05) is 25.0 Å². The number of benzene rings is 1. The number of hydrogen-bond acceptors (Lipinski definition) is 3. The van der Waals surface area contributed by atoms with Gasteiger partial charge in [-0.25, -0.2) is 0 Å². The maximum Gasteiger partial charge on any atom is 0.228 e. The van der Waals surface area contributed by atoms with E-state index in [1.807, 2.05) is 49.1 Å². The average Bonchev–Trinajstić information content (AvgIpc) is 2.81. The molecule has 1 aliphatic rings. The van der Waals surface area contributed by atoms with Crippen molar-refractivity contribution in [3.8, 4) is 0 Å². The molecular weight excluding hydrogens is 288 g/mol. The summed E-state index contributed by atoms with van der Waals surface area (Å²) in [6.45, 7) is 6.34. The Hall–Kier alpha value is -1.52. The first-order chi connectivity index (χ1) is 9.70. The fourth-order valence-electron chi connectivity index (χ4n) is 2.68. The molecule has 1 unspecified atom stereocenters. The summed E-state index contributed by atoms with van der Waals surface area (Å²) in [5.41, 5.74) is 0.878. The number of furan rings is 1. The van der Waals surface area contributed by atoms with Crippen LogP contribution < -0.4 is 5.32 Å². The molecule has 2 heterocycles. The Balaban J connectivity index is 0.00000161. The van der Waals surface area contributed by atoms with Crippen LogP contribution in [0.25, 0.3) is 11.0 Å². The normalized spacial score (nSPS) is 16.1. The molecule has 5 heteroatoms. The first-order valence-corrected chi connectivity index (χ1v) is 7.20. The number of para-hydroxylation sites is 1. The molecule has 1 aliphatic heterocycles. The number of amides is 1. The summed E-state index contributed by atoms with van der Waals surface area (Å²) < 4.78 is 5.88. The number of rotatable bonds is 4. The molecule has 0 aliphatic carbocycles. The molecule has 1 aromatic carbocycles. The van der Waals surface area contributed by atoms with Crippen LogP contribution in [0.5, 0.6) is 0 Å². The lowest BCUT2D eigenvalue weighted by Gasteiger charge is -2.34. The molecule has 0 radical (unpaired) electrons. The molecule has 21 heavy (non-hydrogen) atoms. The maximum atomic E-state index is 12.4. The second kappa shape index (κ2) is 6.50. The Labute approximate surface area is 130 Å². The molecule has 1 aromatic heterocycles. The van der Waals surface area contributed by atoms with Gasteiger partial charge in [-0.15, -0.1) is 12.4 Å². The Morgan fingerprint density at radius 1 is 1.43 bits per heavy atom. The summed E-state index contributed by atoms with van der Waals surface area (Å²) in [6, 6.07) is 9.95. The summed E-state index contributed by atoms with van der Waals surface area (Å²) in [7, 11) is 0. The van der Waals surface area contributed by atoms with Crippen molar-refractivity contribution >= 4 is 29.3 Å².